The van der Waals surface area contributed by atoms with Gasteiger partial charge in [0.2, 0.25) is 12.1 Å². The first kappa shape index (κ1) is 13.8. The molecule has 0 aliphatic carbocycles. The zero-order valence-corrected chi connectivity index (χ0v) is 12.8. The number of rotatable bonds is 3. The molecule has 0 fully saturated rings. The summed E-state index contributed by atoms with van der Waals surface area (Å²) in [5.41, 5.74) is 3.22. The Hall–Kier alpha value is -2.14. The summed E-state index contributed by atoms with van der Waals surface area (Å²) in [5, 5.41) is 3.76. The van der Waals surface area contributed by atoms with Crippen molar-refractivity contribution in [1.82, 2.24) is 15.1 Å². The minimum atomic E-state index is 0.351. The Kier molecular flexibility index (Phi) is 3.51. The third kappa shape index (κ3) is 2.45. The number of aromatic nitrogens is 4. The number of halogens is 1. The number of aromatic amines is 1. The Morgan fingerprint density at radius 3 is 2.81 bits per heavy atom. The molecule has 0 amide bonds. The highest BCUT2D eigenvalue weighted by atomic mass is 35.5. The van der Waals surface area contributed by atoms with E-state index in [9.17, 15) is 0 Å². The number of hydrogen-bond acceptors (Lipinski definition) is 3. The summed E-state index contributed by atoms with van der Waals surface area (Å²) in [6.07, 6.45) is 5.70. The number of nitrogens with one attached hydrogen (secondary N) is 1. The molecule has 0 radical (unpaired) electrons. The van der Waals surface area contributed by atoms with Crippen molar-refractivity contribution in [3.05, 3.63) is 35.7 Å². The number of methoxy groups -OCH3 is 1. The zero-order valence-electron chi connectivity index (χ0n) is 12.1. The highest BCUT2D eigenvalue weighted by molar-refractivity contribution is 6.37. The number of ether oxygens (including phenoxy) is 1. The lowest BCUT2D eigenvalue weighted by Crippen LogP contribution is -2.36. The van der Waals surface area contributed by atoms with E-state index in [0.717, 1.165) is 16.6 Å². The molecule has 21 heavy (non-hydrogen) atoms. The third-order valence-corrected chi connectivity index (χ3v) is 3.73. The van der Waals surface area contributed by atoms with Crippen molar-refractivity contribution in [3.8, 4) is 17.0 Å². The lowest BCUT2D eigenvalue weighted by molar-refractivity contribution is -0.767. The van der Waals surface area contributed by atoms with E-state index in [2.05, 4.69) is 28.9 Å². The first-order valence-corrected chi connectivity index (χ1v) is 7.07. The van der Waals surface area contributed by atoms with E-state index in [4.69, 9.17) is 16.3 Å². The highest BCUT2D eigenvalue weighted by Gasteiger charge is 2.16. The molecule has 0 aromatic carbocycles. The standard InChI is InChI=1S/C15H15ClN4O/c1-9(2)20-8-10(6-18-20)11-7-17-12-4-5-13(21-3)19-15(12)14(11)16/h4-9H,1-3H3/p+1. The van der Waals surface area contributed by atoms with Crippen molar-refractivity contribution >= 4 is 22.6 Å². The molecule has 5 nitrogen and oxygen atoms in total. The Labute approximate surface area is 127 Å². The SMILES string of the molecule is COc1ccc2ncc(-c3c[nH][n+](C(C)C)c3)c(Cl)c2n1. The van der Waals surface area contributed by atoms with Gasteiger partial charge in [0.1, 0.15) is 5.52 Å². The van der Waals surface area contributed by atoms with Gasteiger partial charge >= 0.3 is 0 Å². The molecule has 3 heterocycles. The van der Waals surface area contributed by atoms with Crippen LogP contribution in [0.3, 0.4) is 0 Å². The van der Waals surface area contributed by atoms with Gasteiger partial charge < -0.3 is 4.74 Å². The molecule has 0 unspecified atom stereocenters. The lowest BCUT2D eigenvalue weighted by atomic mass is 10.1. The van der Waals surface area contributed by atoms with Gasteiger partial charge in [-0.05, 0) is 19.9 Å². The fourth-order valence-corrected chi connectivity index (χ4v) is 2.44. The molecule has 1 N–H and O–H groups in total. The smallest absolute Gasteiger partial charge is 0.213 e. The highest BCUT2D eigenvalue weighted by Crippen LogP contribution is 2.32. The van der Waals surface area contributed by atoms with E-state index in [1.54, 1.807) is 19.4 Å². The first-order valence-electron chi connectivity index (χ1n) is 6.69. The predicted molar refractivity (Wildman–Crippen MR) is 81.5 cm³/mol. The maximum atomic E-state index is 6.51. The molecule has 0 aliphatic heterocycles. The normalized spacial score (nSPS) is 11.3. The lowest BCUT2D eigenvalue weighted by Gasteiger charge is -2.05. The van der Waals surface area contributed by atoms with Crippen LogP contribution < -0.4 is 9.42 Å². The second-order valence-electron chi connectivity index (χ2n) is 5.07. The average molecular weight is 304 g/mol. The van der Waals surface area contributed by atoms with Crippen LogP contribution in [0.5, 0.6) is 5.88 Å². The van der Waals surface area contributed by atoms with Crippen LogP contribution in [0.4, 0.5) is 0 Å². The molecule has 0 saturated heterocycles. The minimum Gasteiger partial charge on any atom is -0.481 e. The van der Waals surface area contributed by atoms with Crippen molar-refractivity contribution in [1.29, 1.82) is 0 Å². The van der Waals surface area contributed by atoms with E-state index >= 15 is 0 Å². The third-order valence-electron chi connectivity index (χ3n) is 3.35. The van der Waals surface area contributed by atoms with Crippen LogP contribution in [-0.4, -0.2) is 22.2 Å². The van der Waals surface area contributed by atoms with Crippen LogP contribution in [0, 0.1) is 0 Å². The number of hydrogen-bond donors (Lipinski definition) is 1. The Bertz CT molecular complexity index is 797. The quantitative estimate of drug-likeness (QED) is 0.756. The fourth-order valence-electron chi connectivity index (χ4n) is 2.15. The first-order chi connectivity index (χ1) is 10.1. The predicted octanol–water partition coefficient (Wildman–Crippen LogP) is 3.16. The Balaban J connectivity index is 2.16. The van der Waals surface area contributed by atoms with Crippen molar-refractivity contribution in [2.75, 3.05) is 7.11 Å². The molecule has 0 spiro atoms. The molecule has 3 aromatic heterocycles. The Morgan fingerprint density at radius 1 is 1.33 bits per heavy atom. The maximum Gasteiger partial charge on any atom is 0.213 e. The van der Waals surface area contributed by atoms with Gasteiger partial charge in [-0.25, -0.2) is 4.98 Å². The van der Waals surface area contributed by atoms with Gasteiger partial charge in [-0.15, -0.1) is 4.68 Å². The van der Waals surface area contributed by atoms with Crippen LogP contribution in [-0.2, 0) is 0 Å². The van der Waals surface area contributed by atoms with E-state index in [1.807, 2.05) is 23.1 Å². The van der Waals surface area contributed by atoms with Gasteiger partial charge in [0.25, 0.3) is 0 Å². The second kappa shape index (κ2) is 5.33. The van der Waals surface area contributed by atoms with Gasteiger partial charge in [0.05, 0.1) is 29.4 Å². The fraction of sp³-hybridized carbons (Fsp3) is 0.267. The number of fused-ring (bicyclic) bond motifs is 1. The van der Waals surface area contributed by atoms with E-state index < -0.39 is 0 Å². The average Bonchev–Trinajstić information content (AvgIpc) is 2.97. The maximum absolute atomic E-state index is 6.51. The van der Waals surface area contributed by atoms with Crippen LogP contribution in [0.15, 0.2) is 30.7 Å². The molecule has 0 aliphatic rings. The molecule has 0 atom stereocenters. The summed E-state index contributed by atoms with van der Waals surface area (Å²) in [6.45, 7) is 4.21. The Morgan fingerprint density at radius 2 is 2.14 bits per heavy atom. The number of nitrogens with zero attached hydrogens (tertiary/aromatic N) is 3. The van der Waals surface area contributed by atoms with Crippen LogP contribution in [0.25, 0.3) is 22.2 Å². The van der Waals surface area contributed by atoms with E-state index in [0.29, 0.717) is 22.5 Å². The van der Waals surface area contributed by atoms with Gasteiger partial charge in [-0.3, -0.25) is 4.98 Å². The van der Waals surface area contributed by atoms with Crippen molar-refractivity contribution in [2.24, 2.45) is 0 Å². The largest absolute Gasteiger partial charge is 0.481 e. The molecule has 6 heteroatoms. The van der Waals surface area contributed by atoms with Crippen molar-refractivity contribution in [2.45, 2.75) is 19.9 Å². The molecular formula is C15H16ClN4O+. The summed E-state index contributed by atoms with van der Waals surface area (Å²) in [7, 11) is 1.58. The van der Waals surface area contributed by atoms with Gasteiger partial charge in [0, 0.05) is 17.8 Å². The molecule has 108 valence electrons. The zero-order chi connectivity index (χ0) is 15.0. The monoisotopic (exact) mass is 303 g/mol. The van der Waals surface area contributed by atoms with E-state index in [1.165, 1.54) is 0 Å². The van der Waals surface area contributed by atoms with Gasteiger partial charge in [-0.1, -0.05) is 11.6 Å². The van der Waals surface area contributed by atoms with Gasteiger partial charge in [0.15, 0.2) is 6.04 Å². The molecule has 0 bridgehead atoms. The molecular weight excluding hydrogens is 288 g/mol. The number of H-pyrrole nitrogens is 1. The van der Waals surface area contributed by atoms with Crippen LogP contribution in [0.2, 0.25) is 5.02 Å². The van der Waals surface area contributed by atoms with E-state index in [-0.39, 0.29) is 0 Å². The second-order valence-corrected chi connectivity index (χ2v) is 5.44. The summed E-state index contributed by atoms with van der Waals surface area (Å²) in [4.78, 5) is 8.81. The topological polar surface area (TPSA) is 54.7 Å². The molecule has 0 saturated carbocycles. The molecule has 3 aromatic rings. The summed E-state index contributed by atoms with van der Waals surface area (Å²) >= 11 is 6.51. The van der Waals surface area contributed by atoms with Gasteiger partial charge in [-0.2, -0.15) is 5.10 Å². The number of pyridine rings is 2. The summed E-state index contributed by atoms with van der Waals surface area (Å²) in [5.74, 6) is 0.523. The van der Waals surface area contributed by atoms with Crippen molar-refractivity contribution in [3.63, 3.8) is 0 Å². The summed E-state index contributed by atoms with van der Waals surface area (Å²) < 4.78 is 7.16. The van der Waals surface area contributed by atoms with Crippen LogP contribution in [0.1, 0.15) is 19.9 Å². The van der Waals surface area contributed by atoms with Crippen molar-refractivity contribution < 1.29 is 9.42 Å². The summed E-state index contributed by atoms with van der Waals surface area (Å²) in [6, 6.07) is 3.97. The molecule has 3 rings (SSSR count). The minimum absolute atomic E-state index is 0.351. The van der Waals surface area contributed by atoms with Crippen LogP contribution >= 0.6 is 11.6 Å².